The number of rotatable bonds is 7. The second-order valence-corrected chi connectivity index (χ2v) is 7.51. The Bertz CT molecular complexity index is 1250. The van der Waals surface area contributed by atoms with Gasteiger partial charge in [-0.15, -0.1) is 10.2 Å². The first kappa shape index (κ1) is 20.2. The molecule has 0 bridgehead atoms. The summed E-state index contributed by atoms with van der Waals surface area (Å²) in [5.74, 6) is 0.442. The van der Waals surface area contributed by atoms with Crippen LogP contribution >= 0.6 is 11.3 Å². The molecule has 4 aromatic rings. The number of furan rings is 1. The Kier molecular flexibility index (Phi) is 5.72. The first-order valence-corrected chi connectivity index (χ1v) is 9.98. The number of nitrogens with one attached hydrogen (secondary N) is 1. The number of nitro groups is 1. The van der Waals surface area contributed by atoms with E-state index in [1.54, 1.807) is 18.2 Å². The molecule has 0 radical (unpaired) electrons. The number of hydrogen-bond donors (Lipinski definition) is 1. The van der Waals surface area contributed by atoms with Crippen molar-refractivity contribution in [2.45, 2.75) is 13.5 Å². The molecule has 0 unspecified atom stereocenters. The quantitative estimate of drug-likeness (QED) is 0.325. The summed E-state index contributed by atoms with van der Waals surface area (Å²) in [6.45, 7) is 2.17. The number of anilines is 1. The number of hydrogen-bond acceptors (Lipinski definition) is 8. The number of ether oxygens (including phenoxy) is 1. The van der Waals surface area contributed by atoms with E-state index >= 15 is 0 Å². The molecule has 2 heterocycles. The van der Waals surface area contributed by atoms with Gasteiger partial charge in [0.15, 0.2) is 10.8 Å². The van der Waals surface area contributed by atoms with Gasteiger partial charge in [-0.2, -0.15) is 0 Å². The molecule has 0 fully saturated rings. The third-order valence-corrected chi connectivity index (χ3v) is 5.14. The molecular weight excluding hydrogens is 420 g/mol. The maximum absolute atomic E-state index is 12.5. The molecule has 156 valence electrons. The lowest BCUT2D eigenvalue weighted by molar-refractivity contribution is -0.384. The van der Waals surface area contributed by atoms with Gasteiger partial charge in [0, 0.05) is 6.07 Å². The van der Waals surface area contributed by atoms with E-state index < -0.39 is 10.8 Å². The number of benzene rings is 2. The molecule has 0 atom stereocenters. The molecular formula is C21H16N4O5S. The minimum Gasteiger partial charge on any atom is -0.486 e. The van der Waals surface area contributed by atoms with E-state index in [4.69, 9.17) is 9.15 Å². The summed E-state index contributed by atoms with van der Waals surface area (Å²) in [5.41, 5.74) is 1.19. The molecule has 2 aromatic carbocycles. The van der Waals surface area contributed by atoms with Crippen LogP contribution < -0.4 is 10.1 Å². The number of nitrogens with zero attached hydrogens (tertiary/aromatic N) is 3. The van der Waals surface area contributed by atoms with E-state index in [1.165, 1.54) is 29.5 Å². The fourth-order valence-electron chi connectivity index (χ4n) is 2.82. The van der Waals surface area contributed by atoms with Crippen molar-refractivity contribution in [3.8, 4) is 17.1 Å². The molecule has 0 aliphatic carbocycles. The SMILES string of the molecule is Cc1ccccc1OCc1nnc(NC(=O)c2ccc(-c3ccccc3[N+](=O)[O-])o2)s1. The van der Waals surface area contributed by atoms with E-state index in [2.05, 4.69) is 15.5 Å². The van der Waals surface area contributed by atoms with Gasteiger partial charge >= 0.3 is 0 Å². The van der Waals surface area contributed by atoms with Crippen LogP contribution in [0.3, 0.4) is 0 Å². The van der Waals surface area contributed by atoms with Gasteiger partial charge in [-0.3, -0.25) is 20.2 Å². The minimum atomic E-state index is -0.535. The van der Waals surface area contributed by atoms with E-state index in [0.717, 1.165) is 11.3 Å². The Balaban J connectivity index is 1.42. The smallest absolute Gasteiger partial charge is 0.293 e. The van der Waals surface area contributed by atoms with Crippen molar-refractivity contribution in [2.24, 2.45) is 0 Å². The molecule has 4 rings (SSSR count). The van der Waals surface area contributed by atoms with Crippen molar-refractivity contribution >= 4 is 28.1 Å². The zero-order chi connectivity index (χ0) is 21.8. The number of aromatic nitrogens is 2. The number of para-hydroxylation sites is 2. The zero-order valence-corrected chi connectivity index (χ0v) is 17.1. The summed E-state index contributed by atoms with van der Waals surface area (Å²) in [6.07, 6.45) is 0. The van der Waals surface area contributed by atoms with Crippen molar-refractivity contribution in [2.75, 3.05) is 5.32 Å². The second-order valence-electron chi connectivity index (χ2n) is 6.45. The number of aryl methyl sites for hydroxylation is 1. The second kappa shape index (κ2) is 8.76. The minimum absolute atomic E-state index is 0.000983. The lowest BCUT2D eigenvalue weighted by atomic mass is 10.1. The summed E-state index contributed by atoms with van der Waals surface area (Å²) in [5, 5.41) is 22.7. The van der Waals surface area contributed by atoms with Gasteiger partial charge in [-0.25, -0.2) is 0 Å². The number of nitro benzene ring substituents is 1. The highest BCUT2D eigenvalue weighted by molar-refractivity contribution is 7.15. The van der Waals surface area contributed by atoms with Crippen LogP contribution in [0.4, 0.5) is 10.8 Å². The van der Waals surface area contributed by atoms with Gasteiger partial charge in [-0.1, -0.05) is 41.7 Å². The van der Waals surface area contributed by atoms with Gasteiger partial charge in [0.1, 0.15) is 18.1 Å². The maximum Gasteiger partial charge on any atom is 0.293 e. The molecule has 0 spiro atoms. The lowest BCUT2D eigenvalue weighted by Gasteiger charge is -2.06. The van der Waals surface area contributed by atoms with Crippen molar-refractivity contribution in [1.82, 2.24) is 10.2 Å². The highest BCUT2D eigenvalue weighted by Crippen LogP contribution is 2.31. The first-order valence-electron chi connectivity index (χ1n) is 9.17. The van der Waals surface area contributed by atoms with Crippen molar-refractivity contribution in [3.05, 3.63) is 87.1 Å². The average Bonchev–Trinajstić information content (AvgIpc) is 3.43. The predicted molar refractivity (Wildman–Crippen MR) is 114 cm³/mol. The van der Waals surface area contributed by atoms with Gasteiger partial charge in [0.25, 0.3) is 11.6 Å². The van der Waals surface area contributed by atoms with Crippen LogP contribution in [0, 0.1) is 17.0 Å². The van der Waals surface area contributed by atoms with Crippen LogP contribution in [-0.4, -0.2) is 21.0 Å². The van der Waals surface area contributed by atoms with Gasteiger partial charge in [0.2, 0.25) is 5.13 Å². The van der Waals surface area contributed by atoms with E-state index in [9.17, 15) is 14.9 Å². The van der Waals surface area contributed by atoms with Crippen molar-refractivity contribution in [1.29, 1.82) is 0 Å². The van der Waals surface area contributed by atoms with Crippen molar-refractivity contribution < 1.29 is 18.9 Å². The third kappa shape index (κ3) is 4.59. The van der Waals surface area contributed by atoms with Crippen LogP contribution in [0.2, 0.25) is 0 Å². The fraction of sp³-hybridized carbons (Fsp3) is 0.0952. The Morgan fingerprint density at radius 2 is 1.90 bits per heavy atom. The standard InChI is InChI=1S/C21H16N4O5S/c1-13-6-2-5-9-16(13)29-12-19-23-24-21(31-19)22-20(26)18-11-10-17(30-18)14-7-3-4-8-15(14)25(27)28/h2-11H,12H2,1H3,(H,22,24,26). The first-order chi connectivity index (χ1) is 15.0. The van der Waals surface area contributed by atoms with Gasteiger partial charge in [-0.05, 0) is 36.8 Å². The van der Waals surface area contributed by atoms with Gasteiger partial charge < -0.3 is 9.15 Å². The van der Waals surface area contributed by atoms with Crippen LogP contribution in [-0.2, 0) is 6.61 Å². The number of carbonyl (C=O) groups excluding carboxylic acids is 1. The molecule has 31 heavy (non-hydrogen) atoms. The van der Waals surface area contributed by atoms with E-state index in [-0.39, 0.29) is 34.5 Å². The van der Waals surface area contributed by atoms with Crippen LogP contribution in [0.25, 0.3) is 11.3 Å². The monoisotopic (exact) mass is 436 g/mol. The third-order valence-electron chi connectivity index (χ3n) is 4.33. The summed E-state index contributed by atoms with van der Waals surface area (Å²) in [7, 11) is 0. The summed E-state index contributed by atoms with van der Waals surface area (Å²) in [6, 6.07) is 16.7. The molecule has 1 N–H and O–H groups in total. The molecule has 9 nitrogen and oxygen atoms in total. The molecule has 1 amide bonds. The molecule has 0 saturated heterocycles. The van der Waals surface area contributed by atoms with Gasteiger partial charge in [0.05, 0.1) is 10.5 Å². The molecule has 0 saturated carbocycles. The van der Waals surface area contributed by atoms with E-state index in [0.29, 0.717) is 5.01 Å². The maximum atomic E-state index is 12.5. The predicted octanol–water partition coefficient (Wildman–Crippen LogP) is 4.85. The van der Waals surface area contributed by atoms with E-state index in [1.807, 2.05) is 31.2 Å². The summed E-state index contributed by atoms with van der Waals surface area (Å²) < 4.78 is 11.3. The largest absolute Gasteiger partial charge is 0.486 e. The Labute approximate surface area is 180 Å². The molecule has 10 heteroatoms. The average molecular weight is 436 g/mol. The Hall–Kier alpha value is -4.05. The zero-order valence-electron chi connectivity index (χ0n) is 16.3. The van der Waals surface area contributed by atoms with Crippen LogP contribution in [0.5, 0.6) is 5.75 Å². The highest BCUT2D eigenvalue weighted by atomic mass is 32.1. The topological polar surface area (TPSA) is 120 Å². The summed E-state index contributed by atoms with van der Waals surface area (Å²) in [4.78, 5) is 23.2. The number of amides is 1. The molecule has 2 aromatic heterocycles. The van der Waals surface area contributed by atoms with Crippen LogP contribution in [0.1, 0.15) is 21.1 Å². The summed E-state index contributed by atoms with van der Waals surface area (Å²) >= 11 is 1.18. The number of carbonyl (C=O) groups is 1. The normalized spacial score (nSPS) is 10.6. The van der Waals surface area contributed by atoms with Crippen molar-refractivity contribution in [3.63, 3.8) is 0 Å². The molecule has 0 aliphatic rings. The highest BCUT2D eigenvalue weighted by Gasteiger charge is 2.20. The Morgan fingerprint density at radius 3 is 2.71 bits per heavy atom. The van der Waals surface area contributed by atoms with Crippen LogP contribution in [0.15, 0.2) is 65.1 Å². The molecule has 0 aliphatic heterocycles. The lowest BCUT2D eigenvalue weighted by Crippen LogP contribution is -2.10. The fourth-order valence-corrected chi connectivity index (χ4v) is 3.47. The Morgan fingerprint density at radius 1 is 1.13 bits per heavy atom.